The van der Waals surface area contributed by atoms with Crippen LogP contribution in [0.15, 0.2) is 53.6 Å². The second-order valence-corrected chi connectivity index (χ2v) is 8.71. The van der Waals surface area contributed by atoms with Crippen molar-refractivity contribution in [3.8, 4) is 0 Å². The number of amides is 1. The summed E-state index contributed by atoms with van der Waals surface area (Å²) in [7, 11) is 0. The van der Waals surface area contributed by atoms with Gasteiger partial charge in [0.05, 0.1) is 26.4 Å². The molecule has 186 valence electrons. The molecule has 9 heteroatoms. The van der Waals surface area contributed by atoms with Crippen LogP contribution in [-0.2, 0) is 30.3 Å². The lowest BCUT2D eigenvalue weighted by atomic mass is 9.85. The fourth-order valence-electron chi connectivity index (χ4n) is 3.77. The van der Waals surface area contributed by atoms with Gasteiger partial charge in [0, 0.05) is 36.5 Å². The fraction of sp³-hybridized carbons (Fsp3) is 0.480. The number of benzene rings is 1. The predicted octanol–water partition coefficient (Wildman–Crippen LogP) is 3.60. The molecule has 3 rings (SSSR count). The van der Waals surface area contributed by atoms with E-state index in [1.165, 1.54) is 12.1 Å². The monoisotopic (exact) mass is 493 g/mol. The summed E-state index contributed by atoms with van der Waals surface area (Å²) in [6.45, 7) is 4.13. The Morgan fingerprint density at radius 3 is 2.71 bits per heavy atom. The first-order valence-electron chi connectivity index (χ1n) is 11.4. The summed E-state index contributed by atoms with van der Waals surface area (Å²) in [4.78, 5) is 14.0. The fourth-order valence-corrected chi connectivity index (χ4v) is 4.64. The quantitative estimate of drug-likeness (QED) is 0.391. The van der Waals surface area contributed by atoms with E-state index in [1.54, 1.807) is 23.5 Å². The number of hydrogen-bond donors (Lipinski definition) is 2. The molecule has 34 heavy (non-hydrogen) atoms. The van der Waals surface area contributed by atoms with E-state index in [1.807, 2.05) is 30.5 Å². The van der Waals surface area contributed by atoms with Crippen LogP contribution in [0.4, 0.5) is 4.39 Å². The number of carbonyl (C=O) groups is 1. The van der Waals surface area contributed by atoms with E-state index in [4.69, 9.17) is 24.1 Å². The maximum Gasteiger partial charge on any atom is 0.286 e. The molecule has 0 saturated carbocycles. The van der Waals surface area contributed by atoms with Gasteiger partial charge in [0.1, 0.15) is 5.82 Å². The highest BCUT2D eigenvalue weighted by Crippen LogP contribution is 2.40. The summed E-state index contributed by atoms with van der Waals surface area (Å²) in [6.07, 6.45) is 1.91. The van der Waals surface area contributed by atoms with Gasteiger partial charge in [0.2, 0.25) is 6.29 Å². The van der Waals surface area contributed by atoms with Crippen LogP contribution in [0, 0.1) is 11.7 Å². The molecule has 1 aliphatic rings. The van der Waals surface area contributed by atoms with E-state index < -0.39 is 6.29 Å². The van der Waals surface area contributed by atoms with Crippen molar-refractivity contribution in [2.45, 2.75) is 32.1 Å². The zero-order valence-electron chi connectivity index (χ0n) is 19.3. The minimum absolute atomic E-state index is 0.0115. The summed E-state index contributed by atoms with van der Waals surface area (Å²) < 4.78 is 36.3. The second kappa shape index (κ2) is 14.2. The molecule has 0 spiro atoms. The zero-order valence-corrected chi connectivity index (χ0v) is 20.1. The molecule has 7 nitrogen and oxygen atoms in total. The minimum atomic E-state index is -0.605. The van der Waals surface area contributed by atoms with Crippen molar-refractivity contribution >= 4 is 17.2 Å². The van der Waals surface area contributed by atoms with Crippen molar-refractivity contribution in [3.63, 3.8) is 0 Å². The van der Waals surface area contributed by atoms with Gasteiger partial charge in [0.25, 0.3) is 5.91 Å². The molecule has 0 fully saturated rings. The summed E-state index contributed by atoms with van der Waals surface area (Å²) in [5.41, 5.74) is 0.666. The minimum Gasteiger partial charge on any atom is -0.459 e. The molecule has 1 aromatic heterocycles. The molecule has 2 N–H and O–H groups in total. The van der Waals surface area contributed by atoms with Gasteiger partial charge in [0.15, 0.2) is 5.76 Å². The van der Waals surface area contributed by atoms with Crippen molar-refractivity contribution in [1.29, 1.82) is 0 Å². The van der Waals surface area contributed by atoms with Gasteiger partial charge in [-0.2, -0.15) is 0 Å². The lowest BCUT2D eigenvalue weighted by Crippen LogP contribution is -2.39. The van der Waals surface area contributed by atoms with E-state index >= 15 is 0 Å². The number of thiophene rings is 1. The van der Waals surface area contributed by atoms with Crippen molar-refractivity contribution in [2.75, 3.05) is 39.6 Å². The average molecular weight is 494 g/mol. The number of allylic oxidation sites excluding steroid dienone is 1. The van der Waals surface area contributed by atoms with Crippen LogP contribution in [0.25, 0.3) is 0 Å². The molecule has 1 aliphatic heterocycles. The van der Waals surface area contributed by atoms with Gasteiger partial charge in [-0.15, -0.1) is 11.3 Å². The van der Waals surface area contributed by atoms with Crippen LogP contribution in [-0.4, -0.2) is 56.9 Å². The summed E-state index contributed by atoms with van der Waals surface area (Å²) in [6, 6.07) is 10.1. The third-order valence-electron chi connectivity index (χ3n) is 5.36. The van der Waals surface area contributed by atoms with E-state index in [0.717, 1.165) is 4.88 Å². The third kappa shape index (κ3) is 7.89. The van der Waals surface area contributed by atoms with Crippen LogP contribution >= 0.6 is 11.3 Å². The van der Waals surface area contributed by atoms with Crippen molar-refractivity contribution in [2.24, 2.45) is 5.92 Å². The smallest absolute Gasteiger partial charge is 0.286 e. The van der Waals surface area contributed by atoms with E-state index in [0.29, 0.717) is 45.0 Å². The lowest BCUT2D eigenvalue weighted by Gasteiger charge is -2.36. The maximum absolute atomic E-state index is 13.4. The lowest BCUT2D eigenvalue weighted by molar-refractivity contribution is -0.168. The SMILES string of the molecule is CCO[C@H]1OC(C(=O)NCc2cccc(F)c2)=C[C@@H](c2cccs2)[C@H]1CCOCCOCCO. The first-order chi connectivity index (χ1) is 16.6. The average Bonchev–Trinajstić information content (AvgIpc) is 3.37. The Bertz CT molecular complexity index is 907. The Morgan fingerprint density at radius 1 is 1.18 bits per heavy atom. The highest BCUT2D eigenvalue weighted by molar-refractivity contribution is 7.10. The first-order valence-corrected chi connectivity index (χ1v) is 12.3. The number of ether oxygens (including phenoxy) is 4. The number of rotatable bonds is 14. The van der Waals surface area contributed by atoms with E-state index in [-0.39, 0.29) is 42.5 Å². The van der Waals surface area contributed by atoms with E-state index in [2.05, 4.69) is 5.32 Å². The molecule has 3 atom stereocenters. The number of hydrogen-bond acceptors (Lipinski definition) is 7. The highest BCUT2D eigenvalue weighted by Gasteiger charge is 2.38. The van der Waals surface area contributed by atoms with Crippen LogP contribution in [0.3, 0.4) is 0 Å². The first kappa shape index (κ1) is 26.3. The number of carbonyl (C=O) groups excluding carboxylic acids is 1. The standard InChI is InChI=1S/C25H32FNO6S/c1-2-32-25-20(8-10-30-12-13-31-11-9-28)21(23-7-4-14-34-23)16-22(33-25)24(29)27-17-18-5-3-6-19(26)15-18/h3-7,14-16,20-21,25,28H,2,8-13,17H2,1H3,(H,27,29)/t20-,21-,25+/m1/s1. The van der Waals surface area contributed by atoms with Crippen molar-refractivity contribution in [3.05, 3.63) is 69.9 Å². The molecule has 0 unspecified atom stereocenters. The number of nitrogens with one attached hydrogen (secondary N) is 1. The third-order valence-corrected chi connectivity index (χ3v) is 6.33. The Labute approximate surface area is 203 Å². The van der Waals surface area contributed by atoms with Crippen LogP contribution in [0.1, 0.15) is 29.7 Å². The molecule has 1 amide bonds. The largest absolute Gasteiger partial charge is 0.459 e. The normalized spacial score (nSPS) is 20.0. The molecule has 2 aromatic rings. The van der Waals surface area contributed by atoms with Gasteiger partial charge in [-0.1, -0.05) is 18.2 Å². The van der Waals surface area contributed by atoms with Gasteiger partial charge in [-0.3, -0.25) is 4.79 Å². The Balaban J connectivity index is 1.67. The second-order valence-electron chi connectivity index (χ2n) is 7.73. The molecule has 0 radical (unpaired) electrons. The summed E-state index contributed by atoms with van der Waals surface area (Å²) in [5, 5.41) is 13.6. The van der Waals surface area contributed by atoms with Crippen molar-refractivity contribution in [1.82, 2.24) is 5.32 Å². The summed E-state index contributed by atoms with van der Waals surface area (Å²) >= 11 is 1.62. The Hall–Kier alpha value is -2.30. The molecule has 1 aromatic carbocycles. The van der Waals surface area contributed by atoms with E-state index in [9.17, 15) is 9.18 Å². The predicted molar refractivity (Wildman–Crippen MR) is 127 cm³/mol. The van der Waals surface area contributed by atoms with Gasteiger partial charge in [-0.25, -0.2) is 4.39 Å². The number of halogens is 1. The van der Waals surface area contributed by atoms with Gasteiger partial charge < -0.3 is 29.4 Å². The maximum atomic E-state index is 13.4. The number of aliphatic hydroxyl groups excluding tert-OH is 1. The van der Waals surface area contributed by atoms with Crippen LogP contribution in [0.5, 0.6) is 0 Å². The molecule has 0 bridgehead atoms. The van der Waals surface area contributed by atoms with Crippen LogP contribution in [0.2, 0.25) is 0 Å². The van der Waals surface area contributed by atoms with Gasteiger partial charge >= 0.3 is 0 Å². The van der Waals surface area contributed by atoms with Crippen LogP contribution < -0.4 is 5.32 Å². The molecular weight excluding hydrogens is 461 g/mol. The van der Waals surface area contributed by atoms with Crippen molar-refractivity contribution < 1.29 is 33.2 Å². The molecule has 2 heterocycles. The number of aliphatic hydroxyl groups is 1. The Kier molecular flexibility index (Phi) is 11.0. The Morgan fingerprint density at radius 2 is 2.00 bits per heavy atom. The molecule has 0 saturated heterocycles. The van der Waals surface area contributed by atoms with Gasteiger partial charge in [-0.05, 0) is 48.6 Å². The summed E-state index contributed by atoms with van der Waals surface area (Å²) in [5.74, 6) is -0.640. The zero-order chi connectivity index (χ0) is 24.2. The molecule has 0 aliphatic carbocycles. The highest BCUT2D eigenvalue weighted by atomic mass is 32.1. The topological polar surface area (TPSA) is 86.3 Å². The molecular formula is C25H32FNO6S.